The van der Waals surface area contributed by atoms with Crippen molar-refractivity contribution in [3.8, 4) is 0 Å². The molecule has 0 unspecified atom stereocenters. The van der Waals surface area contributed by atoms with Crippen molar-refractivity contribution in [2.24, 2.45) is 5.92 Å². The molecule has 2 heterocycles. The van der Waals surface area contributed by atoms with E-state index in [9.17, 15) is 4.79 Å². The van der Waals surface area contributed by atoms with E-state index in [2.05, 4.69) is 20.6 Å². The monoisotopic (exact) mass is 218 g/mol. The van der Waals surface area contributed by atoms with Crippen molar-refractivity contribution in [1.29, 1.82) is 0 Å². The molecule has 3 rings (SSSR count). The van der Waals surface area contributed by atoms with Crippen molar-refractivity contribution in [3.05, 3.63) is 28.7 Å². The second-order valence-corrected chi connectivity index (χ2v) is 4.24. The number of imidazole rings is 1. The maximum absolute atomic E-state index is 11.1. The van der Waals surface area contributed by atoms with Crippen LogP contribution in [0.2, 0.25) is 0 Å². The first-order valence-electron chi connectivity index (χ1n) is 5.48. The van der Waals surface area contributed by atoms with Crippen LogP contribution in [0.15, 0.2) is 23.0 Å². The van der Waals surface area contributed by atoms with Gasteiger partial charge in [0.25, 0.3) is 0 Å². The number of anilines is 1. The second kappa shape index (κ2) is 3.68. The van der Waals surface area contributed by atoms with Crippen molar-refractivity contribution in [3.63, 3.8) is 0 Å². The van der Waals surface area contributed by atoms with E-state index < -0.39 is 0 Å². The summed E-state index contributed by atoms with van der Waals surface area (Å²) in [5, 5.41) is 6.61. The molecule has 0 bridgehead atoms. The largest absolute Gasteiger partial charge is 0.385 e. The SMILES string of the molecule is O=c1[nH]c2ccc(NCC3CNC3)cc2[nH]1. The molecule has 2 aromatic rings. The zero-order chi connectivity index (χ0) is 11.0. The molecule has 0 aliphatic carbocycles. The summed E-state index contributed by atoms with van der Waals surface area (Å²) in [6.07, 6.45) is 0. The predicted molar refractivity (Wildman–Crippen MR) is 63.8 cm³/mol. The molecule has 5 heteroatoms. The van der Waals surface area contributed by atoms with Gasteiger partial charge in [0.1, 0.15) is 0 Å². The summed E-state index contributed by atoms with van der Waals surface area (Å²) in [7, 11) is 0. The number of rotatable bonds is 3. The van der Waals surface area contributed by atoms with Gasteiger partial charge >= 0.3 is 5.69 Å². The molecule has 0 saturated carbocycles. The van der Waals surface area contributed by atoms with Gasteiger partial charge in [-0.2, -0.15) is 0 Å². The van der Waals surface area contributed by atoms with E-state index >= 15 is 0 Å². The first-order chi connectivity index (χ1) is 7.81. The number of H-pyrrole nitrogens is 2. The van der Waals surface area contributed by atoms with E-state index in [0.717, 1.165) is 42.3 Å². The molecule has 5 nitrogen and oxygen atoms in total. The Morgan fingerprint density at radius 1 is 1.25 bits per heavy atom. The summed E-state index contributed by atoms with van der Waals surface area (Å²) < 4.78 is 0. The highest BCUT2D eigenvalue weighted by Gasteiger charge is 2.15. The summed E-state index contributed by atoms with van der Waals surface area (Å²) in [6, 6.07) is 5.85. The fraction of sp³-hybridized carbons (Fsp3) is 0.364. The fourth-order valence-electron chi connectivity index (χ4n) is 1.90. The van der Waals surface area contributed by atoms with Crippen LogP contribution in [0.4, 0.5) is 5.69 Å². The second-order valence-electron chi connectivity index (χ2n) is 4.24. The Balaban J connectivity index is 1.78. The molecule has 16 heavy (non-hydrogen) atoms. The molecule has 84 valence electrons. The van der Waals surface area contributed by atoms with E-state index in [-0.39, 0.29) is 5.69 Å². The van der Waals surface area contributed by atoms with Crippen LogP contribution >= 0.6 is 0 Å². The van der Waals surface area contributed by atoms with Crippen molar-refractivity contribution in [2.75, 3.05) is 25.0 Å². The van der Waals surface area contributed by atoms with Crippen LogP contribution in [-0.2, 0) is 0 Å². The van der Waals surface area contributed by atoms with Crippen molar-refractivity contribution in [1.82, 2.24) is 15.3 Å². The minimum absolute atomic E-state index is 0.157. The molecule has 1 aromatic carbocycles. The van der Waals surface area contributed by atoms with Gasteiger partial charge < -0.3 is 20.6 Å². The Labute approximate surface area is 92.3 Å². The van der Waals surface area contributed by atoms with E-state index in [1.807, 2.05) is 18.2 Å². The Bertz CT molecular complexity index is 552. The van der Waals surface area contributed by atoms with E-state index in [1.54, 1.807) is 0 Å². The van der Waals surface area contributed by atoms with Gasteiger partial charge in [-0.3, -0.25) is 0 Å². The first kappa shape index (κ1) is 9.47. The van der Waals surface area contributed by atoms with Gasteiger partial charge in [0.15, 0.2) is 0 Å². The summed E-state index contributed by atoms with van der Waals surface area (Å²) in [5.74, 6) is 0.723. The minimum atomic E-state index is -0.157. The van der Waals surface area contributed by atoms with Crippen molar-refractivity contribution in [2.45, 2.75) is 0 Å². The first-order valence-corrected chi connectivity index (χ1v) is 5.48. The molecule has 1 aliphatic heterocycles. The minimum Gasteiger partial charge on any atom is -0.385 e. The molecule has 4 N–H and O–H groups in total. The molecular formula is C11H14N4O. The lowest BCUT2D eigenvalue weighted by atomic mass is 10.0. The topological polar surface area (TPSA) is 72.7 Å². The molecule has 1 aliphatic rings. The smallest absolute Gasteiger partial charge is 0.323 e. The van der Waals surface area contributed by atoms with Crippen molar-refractivity contribution < 1.29 is 0 Å². The number of fused-ring (bicyclic) bond motifs is 1. The number of aromatic nitrogens is 2. The Morgan fingerprint density at radius 3 is 2.81 bits per heavy atom. The lowest BCUT2D eigenvalue weighted by molar-refractivity contribution is 0.365. The summed E-state index contributed by atoms with van der Waals surface area (Å²) in [4.78, 5) is 16.6. The summed E-state index contributed by atoms with van der Waals surface area (Å²) in [5.41, 5.74) is 2.59. The van der Waals surface area contributed by atoms with Gasteiger partial charge in [-0.05, 0) is 18.2 Å². The van der Waals surface area contributed by atoms with E-state index in [0.29, 0.717) is 0 Å². The lowest BCUT2D eigenvalue weighted by Gasteiger charge is -2.27. The lowest BCUT2D eigenvalue weighted by Crippen LogP contribution is -2.45. The standard InChI is InChI=1S/C11H14N4O/c16-11-14-9-2-1-8(3-10(9)15-11)13-6-7-4-12-5-7/h1-3,7,12-13H,4-6H2,(H2,14,15,16). The van der Waals surface area contributed by atoms with Crippen LogP contribution in [0.3, 0.4) is 0 Å². The predicted octanol–water partition coefficient (Wildman–Crippen LogP) is 0.487. The third-order valence-corrected chi connectivity index (χ3v) is 2.98. The van der Waals surface area contributed by atoms with Crippen molar-refractivity contribution >= 4 is 16.7 Å². The van der Waals surface area contributed by atoms with Gasteiger partial charge in [0, 0.05) is 31.2 Å². The molecule has 0 spiro atoms. The van der Waals surface area contributed by atoms with Gasteiger partial charge in [-0.25, -0.2) is 4.79 Å². The average Bonchev–Trinajstić information content (AvgIpc) is 2.55. The number of benzene rings is 1. The number of hydrogen-bond donors (Lipinski definition) is 4. The number of hydrogen-bond acceptors (Lipinski definition) is 3. The van der Waals surface area contributed by atoms with Gasteiger partial charge in [-0.15, -0.1) is 0 Å². The molecule has 0 amide bonds. The van der Waals surface area contributed by atoms with Gasteiger partial charge in [-0.1, -0.05) is 0 Å². The Hall–Kier alpha value is -1.75. The van der Waals surface area contributed by atoms with Gasteiger partial charge in [0.05, 0.1) is 11.0 Å². The molecule has 1 aromatic heterocycles. The molecule has 1 fully saturated rings. The third kappa shape index (κ3) is 1.69. The van der Waals surface area contributed by atoms with Gasteiger partial charge in [0.2, 0.25) is 0 Å². The van der Waals surface area contributed by atoms with Crippen LogP contribution in [0.5, 0.6) is 0 Å². The van der Waals surface area contributed by atoms with Crippen LogP contribution in [0.1, 0.15) is 0 Å². The quantitative estimate of drug-likeness (QED) is 0.605. The highest BCUT2D eigenvalue weighted by molar-refractivity contribution is 5.78. The van der Waals surface area contributed by atoms with Crippen LogP contribution in [-0.4, -0.2) is 29.6 Å². The Kier molecular flexibility index (Phi) is 2.18. The normalized spacial score (nSPS) is 16.2. The van der Waals surface area contributed by atoms with Crippen LogP contribution in [0.25, 0.3) is 11.0 Å². The van der Waals surface area contributed by atoms with E-state index in [4.69, 9.17) is 0 Å². The average molecular weight is 218 g/mol. The summed E-state index contributed by atoms with van der Waals surface area (Å²) >= 11 is 0. The maximum atomic E-state index is 11.1. The molecular weight excluding hydrogens is 204 g/mol. The van der Waals surface area contributed by atoms with E-state index in [1.165, 1.54) is 0 Å². The number of aromatic amines is 2. The maximum Gasteiger partial charge on any atom is 0.323 e. The van der Waals surface area contributed by atoms with Crippen LogP contribution < -0.4 is 16.3 Å². The number of nitrogens with one attached hydrogen (secondary N) is 4. The van der Waals surface area contributed by atoms with Crippen LogP contribution in [0, 0.1) is 5.92 Å². The zero-order valence-corrected chi connectivity index (χ0v) is 8.84. The highest BCUT2D eigenvalue weighted by atomic mass is 16.1. The summed E-state index contributed by atoms with van der Waals surface area (Å²) in [6.45, 7) is 3.17. The third-order valence-electron chi connectivity index (χ3n) is 2.98. The highest BCUT2D eigenvalue weighted by Crippen LogP contribution is 2.15. The fourth-order valence-corrected chi connectivity index (χ4v) is 1.90. The molecule has 0 radical (unpaired) electrons. The Morgan fingerprint density at radius 2 is 2.06 bits per heavy atom. The molecule has 1 saturated heterocycles. The zero-order valence-electron chi connectivity index (χ0n) is 8.84. The molecule has 0 atom stereocenters.